The average molecular weight is 239 g/mol. The second-order valence-corrected chi connectivity index (χ2v) is 4.23. The van der Waals surface area contributed by atoms with Gasteiger partial charge in [0.1, 0.15) is 5.82 Å². The van der Waals surface area contributed by atoms with E-state index in [9.17, 15) is 0 Å². The highest BCUT2D eigenvalue weighted by Gasteiger charge is 2.04. The van der Waals surface area contributed by atoms with Crippen LogP contribution in [-0.2, 0) is 0 Å². The fourth-order valence-electron chi connectivity index (χ4n) is 1.90. The van der Waals surface area contributed by atoms with Crippen molar-refractivity contribution in [2.75, 3.05) is 5.73 Å². The number of aromatic amines is 1. The normalized spacial score (nSPS) is 10.3. The Bertz CT molecular complexity index is 666. The van der Waals surface area contributed by atoms with Gasteiger partial charge in [-0.25, -0.2) is 4.98 Å². The summed E-state index contributed by atoms with van der Waals surface area (Å²) in [5.74, 6) is 0.880. The van der Waals surface area contributed by atoms with Crippen LogP contribution >= 0.6 is 0 Å². The number of hydrogen-bond acceptors (Lipinski definition) is 2. The first-order chi connectivity index (χ1) is 8.22. The van der Waals surface area contributed by atoms with Crippen LogP contribution in [0.2, 0.25) is 0 Å². The number of rotatable bonds is 1. The number of nitrogens with zero attached hydrogens (tertiary/aromatic N) is 1. The molecular formula is C15H17N3. The average Bonchev–Trinajstić information content (AvgIpc) is 2.72. The van der Waals surface area contributed by atoms with Gasteiger partial charge in [-0.05, 0) is 48.9 Å². The maximum absolute atomic E-state index is 5.67. The SMILES string of the molecule is C.Cc1ccc2nc(-c3ccc(N)cc3)[nH]c2c1. The number of fused-ring (bicyclic) bond motifs is 1. The maximum atomic E-state index is 5.67. The summed E-state index contributed by atoms with van der Waals surface area (Å²) in [6.07, 6.45) is 0. The lowest BCUT2D eigenvalue weighted by atomic mass is 10.2. The van der Waals surface area contributed by atoms with Gasteiger partial charge < -0.3 is 10.7 Å². The summed E-state index contributed by atoms with van der Waals surface area (Å²) < 4.78 is 0. The lowest BCUT2D eigenvalue weighted by molar-refractivity contribution is 1.34. The summed E-state index contributed by atoms with van der Waals surface area (Å²) in [5.41, 5.74) is 10.8. The standard InChI is InChI=1S/C14H13N3.CH4/c1-9-2-7-12-13(8-9)17-14(16-12)10-3-5-11(15)6-4-10;/h2-8H,15H2,1H3,(H,16,17);1H4. The summed E-state index contributed by atoms with van der Waals surface area (Å²) in [6, 6.07) is 13.9. The Labute approximate surface area is 107 Å². The molecule has 3 N–H and O–H groups in total. The molecule has 3 heteroatoms. The van der Waals surface area contributed by atoms with Crippen LogP contribution in [0.1, 0.15) is 13.0 Å². The number of benzene rings is 2. The van der Waals surface area contributed by atoms with E-state index in [0.717, 1.165) is 28.1 Å². The highest BCUT2D eigenvalue weighted by Crippen LogP contribution is 2.21. The maximum Gasteiger partial charge on any atom is 0.138 e. The first-order valence-electron chi connectivity index (χ1n) is 5.55. The first kappa shape index (κ1) is 12.2. The van der Waals surface area contributed by atoms with Gasteiger partial charge in [-0.1, -0.05) is 13.5 Å². The summed E-state index contributed by atoms with van der Waals surface area (Å²) in [6.45, 7) is 2.07. The van der Waals surface area contributed by atoms with Crippen molar-refractivity contribution in [1.82, 2.24) is 9.97 Å². The lowest BCUT2D eigenvalue weighted by Crippen LogP contribution is -1.84. The molecule has 0 bridgehead atoms. The molecule has 0 saturated heterocycles. The predicted molar refractivity (Wildman–Crippen MR) is 77.4 cm³/mol. The van der Waals surface area contributed by atoms with E-state index in [4.69, 9.17) is 5.73 Å². The van der Waals surface area contributed by atoms with Crippen molar-refractivity contribution in [3.63, 3.8) is 0 Å². The summed E-state index contributed by atoms with van der Waals surface area (Å²) in [5, 5.41) is 0. The molecule has 3 nitrogen and oxygen atoms in total. The van der Waals surface area contributed by atoms with Crippen LogP contribution in [0.3, 0.4) is 0 Å². The van der Waals surface area contributed by atoms with E-state index in [-0.39, 0.29) is 7.43 Å². The van der Waals surface area contributed by atoms with Gasteiger partial charge in [-0.3, -0.25) is 0 Å². The van der Waals surface area contributed by atoms with Crippen molar-refractivity contribution < 1.29 is 0 Å². The quantitative estimate of drug-likeness (QED) is 0.635. The molecule has 0 radical (unpaired) electrons. The van der Waals surface area contributed by atoms with E-state index in [0.29, 0.717) is 0 Å². The Morgan fingerprint density at radius 3 is 2.50 bits per heavy atom. The van der Waals surface area contributed by atoms with Gasteiger partial charge in [0.25, 0.3) is 0 Å². The van der Waals surface area contributed by atoms with Gasteiger partial charge >= 0.3 is 0 Å². The van der Waals surface area contributed by atoms with Crippen molar-refractivity contribution in [2.24, 2.45) is 0 Å². The molecule has 0 aliphatic carbocycles. The molecule has 0 aliphatic heterocycles. The topological polar surface area (TPSA) is 54.7 Å². The largest absolute Gasteiger partial charge is 0.399 e. The van der Waals surface area contributed by atoms with Crippen LogP contribution < -0.4 is 5.73 Å². The molecule has 0 aliphatic rings. The fraction of sp³-hybridized carbons (Fsp3) is 0.133. The van der Waals surface area contributed by atoms with Gasteiger partial charge in [0.2, 0.25) is 0 Å². The van der Waals surface area contributed by atoms with E-state index < -0.39 is 0 Å². The molecule has 0 unspecified atom stereocenters. The van der Waals surface area contributed by atoms with Crippen molar-refractivity contribution in [3.05, 3.63) is 48.0 Å². The molecule has 1 heterocycles. The van der Waals surface area contributed by atoms with Crippen molar-refractivity contribution in [3.8, 4) is 11.4 Å². The Hall–Kier alpha value is -2.29. The van der Waals surface area contributed by atoms with E-state index in [1.54, 1.807) is 0 Å². The molecule has 3 rings (SSSR count). The summed E-state index contributed by atoms with van der Waals surface area (Å²) in [7, 11) is 0. The number of nitrogens with one attached hydrogen (secondary N) is 1. The van der Waals surface area contributed by atoms with Crippen LogP contribution in [0, 0.1) is 6.92 Å². The zero-order valence-corrected chi connectivity index (χ0v) is 9.57. The Morgan fingerprint density at radius 1 is 1.06 bits per heavy atom. The smallest absolute Gasteiger partial charge is 0.138 e. The van der Waals surface area contributed by atoms with Crippen molar-refractivity contribution in [1.29, 1.82) is 0 Å². The van der Waals surface area contributed by atoms with Crippen LogP contribution in [0.5, 0.6) is 0 Å². The zero-order valence-electron chi connectivity index (χ0n) is 9.57. The third-order valence-electron chi connectivity index (χ3n) is 2.82. The van der Waals surface area contributed by atoms with Crippen LogP contribution in [0.4, 0.5) is 5.69 Å². The number of H-pyrrole nitrogens is 1. The first-order valence-corrected chi connectivity index (χ1v) is 5.55. The summed E-state index contributed by atoms with van der Waals surface area (Å²) in [4.78, 5) is 7.88. The number of nitrogens with two attached hydrogens (primary N) is 1. The number of anilines is 1. The van der Waals surface area contributed by atoms with E-state index in [1.807, 2.05) is 30.3 Å². The highest BCUT2D eigenvalue weighted by molar-refractivity contribution is 5.80. The zero-order chi connectivity index (χ0) is 11.8. The summed E-state index contributed by atoms with van der Waals surface area (Å²) >= 11 is 0. The minimum absolute atomic E-state index is 0. The second-order valence-electron chi connectivity index (χ2n) is 4.23. The van der Waals surface area contributed by atoms with E-state index >= 15 is 0 Å². The number of aryl methyl sites for hydroxylation is 1. The third-order valence-corrected chi connectivity index (χ3v) is 2.82. The van der Waals surface area contributed by atoms with Gasteiger partial charge in [-0.15, -0.1) is 0 Å². The van der Waals surface area contributed by atoms with E-state index in [1.165, 1.54) is 5.56 Å². The predicted octanol–water partition coefficient (Wildman–Crippen LogP) is 3.76. The fourth-order valence-corrected chi connectivity index (χ4v) is 1.90. The molecule has 0 spiro atoms. The molecule has 18 heavy (non-hydrogen) atoms. The molecule has 0 amide bonds. The van der Waals surface area contributed by atoms with Crippen LogP contribution in [0.15, 0.2) is 42.5 Å². The number of nitrogen functional groups attached to an aromatic ring is 1. The lowest BCUT2D eigenvalue weighted by Gasteiger charge is -1.96. The molecule has 0 saturated carbocycles. The molecular weight excluding hydrogens is 222 g/mol. The number of hydrogen-bond donors (Lipinski definition) is 2. The monoisotopic (exact) mass is 239 g/mol. The van der Waals surface area contributed by atoms with Crippen LogP contribution in [0.25, 0.3) is 22.4 Å². The molecule has 0 fully saturated rings. The second kappa shape index (κ2) is 4.53. The minimum atomic E-state index is 0. The Balaban J connectivity index is 0.00000120. The van der Waals surface area contributed by atoms with Gasteiger partial charge in [0.15, 0.2) is 0 Å². The van der Waals surface area contributed by atoms with Gasteiger partial charge in [-0.2, -0.15) is 0 Å². The van der Waals surface area contributed by atoms with Crippen LogP contribution in [-0.4, -0.2) is 9.97 Å². The molecule has 92 valence electrons. The highest BCUT2D eigenvalue weighted by atomic mass is 14.9. The molecule has 1 aromatic heterocycles. The van der Waals surface area contributed by atoms with Crippen molar-refractivity contribution in [2.45, 2.75) is 14.4 Å². The van der Waals surface area contributed by atoms with E-state index in [2.05, 4.69) is 29.0 Å². The molecule has 3 aromatic rings. The van der Waals surface area contributed by atoms with Crippen molar-refractivity contribution >= 4 is 16.7 Å². The Morgan fingerprint density at radius 2 is 1.78 bits per heavy atom. The number of imidazole rings is 1. The minimum Gasteiger partial charge on any atom is -0.399 e. The van der Waals surface area contributed by atoms with Gasteiger partial charge in [0.05, 0.1) is 11.0 Å². The molecule has 2 aromatic carbocycles. The Kier molecular flexibility index (Phi) is 3.06. The molecule has 0 atom stereocenters. The van der Waals surface area contributed by atoms with Gasteiger partial charge in [0, 0.05) is 11.3 Å². The third kappa shape index (κ3) is 2.07. The number of aromatic nitrogens is 2.